The largest absolute Gasteiger partial charge is 0.317 e. The first-order valence-corrected chi connectivity index (χ1v) is 4.98. The fraction of sp³-hybridized carbons (Fsp3) is 1.00. The molecular formula is C10H19N. The first kappa shape index (κ1) is 7.60. The molecule has 0 spiro atoms. The second-order valence-electron chi connectivity index (χ2n) is 4.42. The van der Waals surface area contributed by atoms with E-state index in [4.69, 9.17) is 0 Å². The Kier molecular flexibility index (Phi) is 1.92. The molecule has 2 saturated carbocycles. The third-order valence-electron chi connectivity index (χ3n) is 3.89. The summed E-state index contributed by atoms with van der Waals surface area (Å²) in [6.07, 6.45) is 6.09. The highest BCUT2D eigenvalue weighted by Gasteiger charge is 2.41. The van der Waals surface area contributed by atoms with Crippen molar-refractivity contribution in [1.82, 2.24) is 5.32 Å². The van der Waals surface area contributed by atoms with E-state index in [1.54, 1.807) is 0 Å². The molecule has 0 aromatic rings. The van der Waals surface area contributed by atoms with Crippen molar-refractivity contribution in [2.24, 2.45) is 17.8 Å². The molecule has 0 radical (unpaired) electrons. The molecule has 0 aromatic heterocycles. The van der Waals surface area contributed by atoms with Crippen LogP contribution in [0.4, 0.5) is 0 Å². The van der Waals surface area contributed by atoms with E-state index in [2.05, 4.69) is 19.3 Å². The Morgan fingerprint density at radius 3 is 2.55 bits per heavy atom. The van der Waals surface area contributed by atoms with Gasteiger partial charge in [-0.1, -0.05) is 6.42 Å². The first-order chi connectivity index (χ1) is 5.31. The maximum atomic E-state index is 3.39. The van der Waals surface area contributed by atoms with E-state index in [1.807, 2.05) is 0 Å². The van der Waals surface area contributed by atoms with Gasteiger partial charge in [0, 0.05) is 6.04 Å². The van der Waals surface area contributed by atoms with Crippen LogP contribution in [0.2, 0.25) is 0 Å². The van der Waals surface area contributed by atoms with Gasteiger partial charge in [0.15, 0.2) is 0 Å². The topological polar surface area (TPSA) is 12.0 Å². The third-order valence-corrected chi connectivity index (χ3v) is 3.89. The van der Waals surface area contributed by atoms with Gasteiger partial charge in [0.2, 0.25) is 0 Å². The Bertz CT molecular complexity index is 144. The minimum Gasteiger partial charge on any atom is -0.317 e. The van der Waals surface area contributed by atoms with Crippen LogP contribution in [-0.2, 0) is 0 Å². The normalized spacial score (nSPS) is 44.7. The maximum absolute atomic E-state index is 3.39. The summed E-state index contributed by atoms with van der Waals surface area (Å²) in [4.78, 5) is 0. The lowest BCUT2D eigenvalue weighted by Crippen LogP contribution is -2.33. The molecule has 1 nitrogen and oxygen atoms in total. The third kappa shape index (κ3) is 1.20. The highest BCUT2D eigenvalue weighted by molar-refractivity contribution is 4.93. The SMILES string of the molecule is CN[C@H](C)[C@H]1C[C@H]2CC[C@H]1C2. The second-order valence-corrected chi connectivity index (χ2v) is 4.42. The van der Waals surface area contributed by atoms with Crippen LogP contribution < -0.4 is 5.32 Å². The smallest absolute Gasteiger partial charge is 0.00667 e. The predicted octanol–water partition coefficient (Wildman–Crippen LogP) is 2.03. The van der Waals surface area contributed by atoms with Gasteiger partial charge < -0.3 is 5.32 Å². The molecule has 0 heterocycles. The molecule has 11 heavy (non-hydrogen) atoms. The standard InChI is InChI=1S/C10H19N/c1-7(11-2)10-6-8-3-4-9(10)5-8/h7-11H,3-6H2,1-2H3/t7-,8+,9+,10-/m1/s1. The summed E-state index contributed by atoms with van der Waals surface area (Å²) < 4.78 is 0. The van der Waals surface area contributed by atoms with Crippen molar-refractivity contribution in [3.05, 3.63) is 0 Å². The van der Waals surface area contributed by atoms with Crippen LogP contribution in [0, 0.1) is 17.8 Å². The van der Waals surface area contributed by atoms with Gasteiger partial charge in [-0.3, -0.25) is 0 Å². The Morgan fingerprint density at radius 2 is 2.09 bits per heavy atom. The van der Waals surface area contributed by atoms with Crippen molar-refractivity contribution >= 4 is 0 Å². The van der Waals surface area contributed by atoms with E-state index in [-0.39, 0.29) is 0 Å². The van der Waals surface area contributed by atoms with Gasteiger partial charge in [-0.25, -0.2) is 0 Å². The van der Waals surface area contributed by atoms with Crippen molar-refractivity contribution in [3.63, 3.8) is 0 Å². The highest BCUT2D eigenvalue weighted by Crippen LogP contribution is 2.49. The molecule has 1 N–H and O–H groups in total. The molecule has 1 heteroatoms. The molecule has 4 atom stereocenters. The van der Waals surface area contributed by atoms with E-state index in [1.165, 1.54) is 25.7 Å². The zero-order chi connectivity index (χ0) is 7.84. The predicted molar refractivity (Wildman–Crippen MR) is 47.5 cm³/mol. The fourth-order valence-electron chi connectivity index (χ4n) is 3.12. The number of rotatable bonds is 2. The van der Waals surface area contributed by atoms with Crippen molar-refractivity contribution in [2.75, 3.05) is 7.05 Å². The second kappa shape index (κ2) is 2.78. The van der Waals surface area contributed by atoms with Crippen molar-refractivity contribution in [2.45, 2.75) is 38.6 Å². The lowest BCUT2D eigenvalue weighted by atomic mass is 9.84. The first-order valence-electron chi connectivity index (χ1n) is 4.98. The lowest BCUT2D eigenvalue weighted by Gasteiger charge is -2.27. The average molecular weight is 153 g/mol. The van der Waals surface area contributed by atoms with Crippen molar-refractivity contribution in [1.29, 1.82) is 0 Å². The van der Waals surface area contributed by atoms with Crippen LogP contribution in [0.1, 0.15) is 32.6 Å². The molecule has 2 fully saturated rings. The molecule has 0 aromatic carbocycles. The van der Waals surface area contributed by atoms with Gasteiger partial charge in [0.05, 0.1) is 0 Å². The molecule has 0 saturated heterocycles. The van der Waals surface area contributed by atoms with Crippen molar-refractivity contribution in [3.8, 4) is 0 Å². The van der Waals surface area contributed by atoms with Gasteiger partial charge >= 0.3 is 0 Å². The zero-order valence-electron chi connectivity index (χ0n) is 7.64. The Hall–Kier alpha value is -0.0400. The Morgan fingerprint density at radius 1 is 1.27 bits per heavy atom. The fourth-order valence-corrected chi connectivity index (χ4v) is 3.12. The number of nitrogens with one attached hydrogen (secondary N) is 1. The molecule has 2 rings (SSSR count). The van der Waals surface area contributed by atoms with Gasteiger partial charge in [-0.15, -0.1) is 0 Å². The number of hydrogen-bond acceptors (Lipinski definition) is 1. The number of hydrogen-bond donors (Lipinski definition) is 1. The van der Waals surface area contributed by atoms with Gasteiger partial charge in [-0.2, -0.15) is 0 Å². The van der Waals surface area contributed by atoms with Gasteiger partial charge in [0.1, 0.15) is 0 Å². The summed E-state index contributed by atoms with van der Waals surface area (Å²) in [5.41, 5.74) is 0. The summed E-state index contributed by atoms with van der Waals surface area (Å²) in [7, 11) is 2.09. The van der Waals surface area contributed by atoms with Crippen molar-refractivity contribution < 1.29 is 0 Å². The quantitative estimate of drug-likeness (QED) is 0.640. The van der Waals surface area contributed by atoms with Crippen LogP contribution in [0.3, 0.4) is 0 Å². The summed E-state index contributed by atoms with van der Waals surface area (Å²) in [5.74, 6) is 3.17. The molecule has 0 amide bonds. The lowest BCUT2D eigenvalue weighted by molar-refractivity contribution is 0.269. The molecule has 2 aliphatic rings. The summed E-state index contributed by atoms with van der Waals surface area (Å²) in [5, 5.41) is 3.39. The van der Waals surface area contributed by atoms with Gasteiger partial charge in [-0.05, 0) is 51.0 Å². The van der Waals surface area contributed by atoms with Gasteiger partial charge in [0.25, 0.3) is 0 Å². The van der Waals surface area contributed by atoms with Crippen LogP contribution >= 0.6 is 0 Å². The molecule has 2 aliphatic carbocycles. The maximum Gasteiger partial charge on any atom is 0.00667 e. The monoisotopic (exact) mass is 153 g/mol. The van der Waals surface area contributed by atoms with E-state index >= 15 is 0 Å². The minimum absolute atomic E-state index is 0.755. The van der Waals surface area contributed by atoms with Crippen LogP contribution in [-0.4, -0.2) is 13.1 Å². The highest BCUT2D eigenvalue weighted by atomic mass is 14.9. The summed E-state index contributed by atoms with van der Waals surface area (Å²) >= 11 is 0. The Balaban J connectivity index is 1.96. The zero-order valence-corrected chi connectivity index (χ0v) is 7.64. The van der Waals surface area contributed by atoms with E-state index in [0.717, 1.165) is 23.8 Å². The summed E-state index contributed by atoms with van der Waals surface area (Å²) in [6.45, 7) is 2.34. The minimum atomic E-state index is 0.755. The number of fused-ring (bicyclic) bond motifs is 2. The van der Waals surface area contributed by atoms with Crippen LogP contribution in [0.25, 0.3) is 0 Å². The Labute approximate surface area is 69.6 Å². The summed E-state index contributed by atoms with van der Waals surface area (Å²) in [6, 6.07) is 0.755. The molecule has 0 aliphatic heterocycles. The molecule has 0 unspecified atom stereocenters. The van der Waals surface area contributed by atoms with Crippen LogP contribution in [0.15, 0.2) is 0 Å². The molecular weight excluding hydrogens is 134 g/mol. The molecule has 2 bridgehead atoms. The average Bonchev–Trinajstić information content (AvgIpc) is 2.62. The van der Waals surface area contributed by atoms with Crippen LogP contribution in [0.5, 0.6) is 0 Å². The molecule has 64 valence electrons. The van der Waals surface area contributed by atoms with E-state index < -0.39 is 0 Å². The van der Waals surface area contributed by atoms with E-state index in [9.17, 15) is 0 Å². The van der Waals surface area contributed by atoms with E-state index in [0.29, 0.717) is 0 Å².